The molecule has 21 heavy (non-hydrogen) atoms. The first-order chi connectivity index (χ1) is 10.2. The lowest BCUT2D eigenvalue weighted by Gasteiger charge is -2.14. The van der Waals surface area contributed by atoms with Crippen molar-refractivity contribution in [3.8, 4) is 17.6 Å². The number of nitriles is 1. The predicted octanol–water partition coefficient (Wildman–Crippen LogP) is 2.52. The van der Waals surface area contributed by atoms with Crippen LogP contribution in [0.5, 0.6) is 11.5 Å². The molecule has 5 heteroatoms. The molecule has 0 heterocycles. The van der Waals surface area contributed by atoms with Crippen molar-refractivity contribution >= 4 is 0 Å². The molecule has 0 aliphatic heterocycles. The van der Waals surface area contributed by atoms with Crippen molar-refractivity contribution in [1.82, 2.24) is 0 Å². The Labute approximate surface area is 122 Å². The number of aliphatic hydroxyl groups excluding tert-OH is 1. The standard InChI is InChI=1S/C16H14FNO3/c17-13-5-7-15(8-6-13)20-10-14(19)11-21-16-4-2-1-3-12(16)9-18/h1-8,14,19H,10-11H2. The van der Waals surface area contributed by atoms with Gasteiger partial charge >= 0.3 is 0 Å². The number of hydrogen-bond donors (Lipinski definition) is 1. The molecule has 0 radical (unpaired) electrons. The summed E-state index contributed by atoms with van der Waals surface area (Å²) in [6.07, 6.45) is -0.859. The summed E-state index contributed by atoms with van der Waals surface area (Å²) in [6, 6.07) is 14.3. The average Bonchev–Trinajstić information content (AvgIpc) is 2.52. The highest BCUT2D eigenvalue weighted by Crippen LogP contribution is 2.17. The molecule has 0 aromatic heterocycles. The Hall–Kier alpha value is -2.58. The third-order valence-corrected chi connectivity index (χ3v) is 2.69. The first kappa shape index (κ1) is 14.8. The van der Waals surface area contributed by atoms with Crippen LogP contribution in [0.4, 0.5) is 4.39 Å². The smallest absolute Gasteiger partial charge is 0.137 e. The molecule has 1 atom stereocenters. The summed E-state index contributed by atoms with van der Waals surface area (Å²) in [5.74, 6) is 0.535. The maximum Gasteiger partial charge on any atom is 0.137 e. The van der Waals surface area contributed by atoms with E-state index in [0.717, 1.165) is 0 Å². The van der Waals surface area contributed by atoms with Gasteiger partial charge in [-0.3, -0.25) is 0 Å². The Bertz CT molecular complexity index is 622. The Morgan fingerprint density at radius 3 is 2.43 bits per heavy atom. The minimum atomic E-state index is -0.859. The highest BCUT2D eigenvalue weighted by Gasteiger charge is 2.09. The molecule has 0 saturated heterocycles. The fourth-order valence-corrected chi connectivity index (χ4v) is 1.64. The van der Waals surface area contributed by atoms with Gasteiger partial charge in [-0.2, -0.15) is 5.26 Å². The molecule has 108 valence electrons. The number of ether oxygens (including phenoxy) is 2. The predicted molar refractivity (Wildman–Crippen MR) is 74.6 cm³/mol. The number of rotatable bonds is 6. The summed E-state index contributed by atoms with van der Waals surface area (Å²) in [5, 5.41) is 18.7. The highest BCUT2D eigenvalue weighted by molar-refractivity contribution is 5.42. The van der Waals surface area contributed by atoms with E-state index in [1.54, 1.807) is 24.3 Å². The van der Waals surface area contributed by atoms with Gasteiger partial charge in [0.25, 0.3) is 0 Å². The summed E-state index contributed by atoms with van der Waals surface area (Å²) in [4.78, 5) is 0. The maximum atomic E-state index is 12.7. The number of aliphatic hydroxyl groups is 1. The molecule has 1 N–H and O–H groups in total. The lowest BCUT2D eigenvalue weighted by molar-refractivity contribution is 0.0625. The quantitative estimate of drug-likeness (QED) is 0.886. The van der Waals surface area contributed by atoms with Crippen LogP contribution in [0.2, 0.25) is 0 Å². The SMILES string of the molecule is N#Cc1ccccc1OCC(O)COc1ccc(F)cc1. The maximum absolute atomic E-state index is 12.7. The van der Waals surface area contributed by atoms with Crippen molar-refractivity contribution in [1.29, 1.82) is 5.26 Å². The van der Waals surface area contributed by atoms with Crippen LogP contribution in [-0.2, 0) is 0 Å². The van der Waals surface area contributed by atoms with Crippen LogP contribution in [-0.4, -0.2) is 24.4 Å². The van der Waals surface area contributed by atoms with Crippen molar-refractivity contribution in [3.63, 3.8) is 0 Å². The average molecular weight is 287 g/mol. The van der Waals surface area contributed by atoms with E-state index in [1.165, 1.54) is 24.3 Å². The van der Waals surface area contributed by atoms with Crippen molar-refractivity contribution in [2.75, 3.05) is 13.2 Å². The van der Waals surface area contributed by atoms with Gasteiger partial charge in [-0.15, -0.1) is 0 Å². The Morgan fingerprint density at radius 1 is 1.05 bits per heavy atom. The molecule has 0 aliphatic carbocycles. The second-order valence-electron chi connectivity index (χ2n) is 4.34. The zero-order valence-electron chi connectivity index (χ0n) is 11.2. The fraction of sp³-hybridized carbons (Fsp3) is 0.188. The molecule has 1 unspecified atom stereocenters. The van der Waals surface area contributed by atoms with Gasteiger partial charge in [0.2, 0.25) is 0 Å². The second-order valence-corrected chi connectivity index (χ2v) is 4.34. The fourth-order valence-electron chi connectivity index (χ4n) is 1.64. The second kappa shape index (κ2) is 7.27. The van der Waals surface area contributed by atoms with E-state index in [9.17, 15) is 9.50 Å². The molecule has 0 fully saturated rings. The van der Waals surface area contributed by atoms with Crippen LogP contribution < -0.4 is 9.47 Å². The molecule has 2 aromatic carbocycles. The Balaban J connectivity index is 1.81. The molecular weight excluding hydrogens is 273 g/mol. The van der Waals surface area contributed by atoms with E-state index in [1.807, 2.05) is 6.07 Å². The normalized spacial score (nSPS) is 11.5. The van der Waals surface area contributed by atoms with Crippen molar-refractivity contribution < 1.29 is 19.0 Å². The largest absolute Gasteiger partial charge is 0.491 e. The monoisotopic (exact) mass is 287 g/mol. The number of halogens is 1. The van der Waals surface area contributed by atoms with Gasteiger partial charge in [-0.1, -0.05) is 12.1 Å². The molecule has 2 rings (SSSR count). The zero-order chi connectivity index (χ0) is 15.1. The van der Waals surface area contributed by atoms with Crippen LogP contribution in [0.25, 0.3) is 0 Å². The van der Waals surface area contributed by atoms with Gasteiger partial charge in [-0.05, 0) is 36.4 Å². The summed E-state index contributed by atoms with van der Waals surface area (Å²) in [6.45, 7) is 0.0141. The third kappa shape index (κ3) is 4.48. The van der Waals surface area contributed by atoms with E-state index < -0.39 is 6.10 Å². The van der Waals surface area contributed by atoms with Crippen molar-refractivity contribution in [3.05, 3.63) is 59.9 Å². The van der Waals surface area contributed by atoms with Crippen LogP contribution in [0.3, 0.4) is 0 Å². The highest BCUT2D eigenvalue weighted by atomic mass is 19.1. The number of para-hydroxylation sites is 1. The molecule has 0 aliphatic rings. The van der Waals surface area contributed by atoms with Gasteiger partial charge in [0, 0.05) is 0 Å². The summed E-state index contributed by atoms with van der Waals surface area (Å²) >= 11 is 0. The summed E-state index contributed by atoms with van der Waals surface area (Å²) in [5.41, 5.74) is 0.407. The van der Waals surface area contributed by atoms with Gasteiger partial charge in [0.1, 0.15) is 42.7 Å². The molecule has 0 amide bonds. The van der Waals surface area contributed by atoms with Gasteiger partial charge in [-0.25, -0.2) is 4.39 Å². The van der Waals surface area contributed by atoms with Crippen molar-refractivity contribution in [2.45, 2.75) is 6.10 Å². The van der Waals surface area contributed by atoms with Crippen LogP contribution in [0.15, 0.2) is 48.5 Å². The lowest BCUT2D eigenvalue weighted by Crippen LogP contribution is -2.25. The molecule has 4 nitrogen and oxygen atoms in total. The van der Waals surface area contributed by atoms with Crippen LogP contribution >= 0.6 is 0 Å². The lowest BCUT2D eigenvalue weighted by atomic mass is 10.2. The topological polar surface area (TPSA) is 62.5 Å². The van der Waals surface area contributed by atoms with E-state index in [2.05, 4.69) is 0 Å². The number of hydrogen-bond acceptors (Lipinski definition) is 4. The minimum absolute atomic E-state index is 0.000111. The van der Waals surface area contributed by atoms with Crippen molar-refractivity contribution in [2.24, 2.45) is 0 Å². The number of benzene rings is 2. The summed E-state index contributed by atoms with van der Waals surface area (Å²) < 4.78 is 23.4. The van der Waals surface area contributed by atoms with Gasteiger partial charge in [0.05, 0.1) is 5.56 Å². The molecule has 0 saturated carbocycles. The van der Waals surface area contributed by atoms with E-state index in [-0.39, 0.29) is 19.0 Å². The van der Waals surface area contributed by atoms with E-state index in [0.29, 0.717) is 17.1 Å². The van der Waals surface area contributed by atoms with Crippen LogP contribution in [0, 0.1) is 17.1 Å². The van der Waals surface area contributed by atoms with Gasteiger partial charge < -0.3 is 14.6 Å². The Morgan fingerprint density at radius 2 is 1.71 bits per heavy atom. The minimum Gasteiger partial charge on any atom is -0.491 e. The molecule has 2 aromatic rings. The molecule has 0 spiro atoms. The molecule has 0 bridgehead atoms. The van der Waals surface area contributed by atoms with E-state index in [4.69, 9.17) is 14.7 Å². The number of nitrogens with zero attached hydrogens (tertiary/aromatic N) is 1. The molecular formula is C16H14FNO3. The van der Waals surface area contributed by atoms with Crippen LogP contribution in [0.1, 0.15) is 5.56 Å². The third-order valence-electron chi connectivity index (χ3n) is 2.69. The van der Waals surface area contributed by atoms with E-state index >= 15 is 0 Å². The zero-order valence-corrected chi connectivity index (χ0v) is 11.2. The first-order valence-electron chi connectivity index (χ1n) is 6.37. The summed E-state index contributed by atoms with van der Waals surface area (Å²) in [7, 11) is 0. The Kier molecular flexibility index (Phi) is 5.13. The first-order valence-corrected chi connectivity index (χ1v) is 6.37. The van der Waals surface area contributed by atoms with Gasteiger partial charge in [0.15, 0.2) is 0 Å².